The molecule has 1 aromatic carbocycles. The predicted octanol–water partition coefficient (Wildman–Crippen LogP) is 3.20. The lowest BCUT2D eigenvalue weighted by molar-refractivity contribution is 0.155. The lowest BCUT2D eigenvalue weighted by Crippen LogP contribution is -2.29. The number of fused-ring (bicyclic) bond motifs is 1. The van der Waals surface area contributed by atoms with Crippen LogP contribution in [0.2, 0.25) is 0 Å². The van der Waals surface area contributed by atoms with Crippen molar-refractivity contribution in [2.24, 2.45) is 0 Å². The molecule has 0 saturated heterocycles. The number of anilines is 1. The molecule has 0 amide bonds. The number of alkyl halides is 2. The van der Waals surface area contributed by atoms with E-state index in [0.717, 1.165) is 30.6 Å². The van der Waals surface area contributed by atoms with Crippen molar-refractivity contribution in [3.63, 3.8) is 0 Å². The highest BCUT2D eigenvalue weighted by Gasteiger charge is 2.23. The van der Waals surface area contributed by atoms with Gasteiger partial charge in [-0.25, -0.2) is 8.78 Å². The molecule has 4 heteroatoms. The van der Waals surface area contributed by atoms with Gasteiger partial charge in [0.1, 0.15) is 0 Å². The molecule has 0 spiro atoms. The molecule has 2 rings (SSSR count). The average Bonchev–Trinajstić information content (AvgIpc) is 2.51. The number of para-hydroxylation sites is 1. The third-order valence-corrected chi connectivity index (χ3v) is 3.38. The largest absolute Gasteiger partial charge is 0.366 e. The zero-order valence-electron chi connectivity index (χ0n) is 10.7. The van der Waals surface area contributed by atoms with Gasteiger partial charge in [0.25, 0.3) is 6.43 Å². The van der Waals surface area contributed by atoms with Crippen LogP contribution in [0.4, 0.5) is 14.5 Å². The topological polar surface area (TPSA) is 15.3 Å². The van der Waals surface area contributed by atoms with Crippen molar-refractivity contribution in [3.05, 3.63) is 29.8 Å². The molecule has 0 aliphatic carbocycles. The van der Waals surface area contributed by atoms with Crippen LogP contribution in [0.5, 0.6) is 0 Å². The summed E-state index contributed by atoms with van der Waals surface area (Å²) in [4.78, 5) is 1.82. The van der Waals surface area contributed by atoms with E-state index in [1.807, 2.05) is 29.2 Å². The first kappa shape index (κ1) is 13.3. The number of halogens is 2. The van der Waals surface area contributed by atoms with Gasteiger partial charge in [-0.05, 0) is 31.0 Å². The van der Waals surface area contributed by atoms with Crippen LogP contribution in [0, 0.1) is 0 Å². The molecule has 100 valence electrons. The minimum atomic E-state index is -2.28. The zero-order valence-corrected chi connectivity index (χ0v) is 10.7. The van der Waals surface area contributed by atoms with Gasteiger partial charge in [-0.3, -0.25) is 0 Å². The Morgan fingerprint density at radius 2 is 2.17 bits per heavy atom. The van der Waals surface area contributed by atoms with Crippen molar-refractivity contribution in [2.75, 3.05) is 24.5 Å². The molecule has 0 saturated carbocycles. The molecule has 1 N–H and O–H groups in total. The van der Waals surface area contributed by atoms with Crippen LogP contribution in [0.1, 0.15) is 31.4 Å². The second-order valence-corrected chi connectivity index (χ2v) is 4.65. The molecule has 0 fully saturated rings. The second-order valence-electron chi connectivity index (χ2n) is 4.65. The fourth-order valence-corrected chi connectivity index (χ4v) is 2.65. The van der Waals surface area contributed by atoms with E-state index in [-0.39, 0.29) is 12.6 Å². The summed E-state index contributed by atoms with van der Waals surface area (Å²) in [6.45, 7) is 3.51. The summed E-state index contributed by atoms with van der Waals surface area (Å²) in [6.07, 6.45) is -0.336. The molecule has 1 atom stereocenters. The summed E-state index contributed by atoms with van der Waals surface area (Å²) in [5.74, 6) is 0. The quantitative estimate of drug-likeness (QED) is 0.887. The van der Waals surface area contributed by atoms with Gasteiger partial charge in [0, 0.05) is 18.3 Å². The van der Waals surface area contributed by atoms with E-state index >= 15 is 0 Å². The minimum absolute atomic E-state index is 0.171. The Morgan fingerprint density at radius 1 is 1.39 bits per heavy atom. The monoisotopic (exact) mass is 254 g/mol. The van der Waals surface area contributed by atoms with Gasteiger partial charge in [0.2, 0.25) is 0 Å². The highest BCUT2D eigenvalue weighted by atomic mass is 19.3. The van der Waals surface area contributed by atoms with Crippen molar-refractivity contribution in [2.45, 2.75) is 32.2 Å². The van der Waals surface area contributed by atoms with Crippen LogP contribution in [-0.4, -0.2) is 26.1 Å². The molecular weight excluding hydrogens is 234 g/mol. The standard InChI is InChI=1S/C14H20F2N2/c1-2-17-12-7-5-9-18(10-14(15)16)13-8-4-3-6-11(12)13/h3-4,6,8,12,14,17H,2,5,7,9-10H2,1H3. The smallest absolute Gasteiger partial charge is 0.255 e. The third kappa shape index (κ3) is 2.99. The Bertz CT molecular complexity index is 382. The fraction of sp³-hybridized carbons (Fsp3) is 0.571. The van der Waals surface area contributed by atoms with Crippen LogP contribution in [0.3, 0.4) is 0 Å². The number of hydrogen-bond donors (Lipinski definition) is 1. The number of nitrogens with zero attached hydrogens (tertiary/aromatic N) is 1. The van der Waals surface area contributed by atoms with Crippen LogP contribution < -0.4 is 10.2 Å². The van der Waals surface area contributed by atoms with E-state index in [1.165, 1.54) is 0 Å². The summed E-state index contributed by atoms with van der Waals surface area (Å²) in [6, 6.07) is 8.19. The van der Waals surface area contributed by atoms with E-state index in [0.29, 0.717) is 6.54 Å². The second kappa shape index (κ2) is 6.14. The molecule has 0 bridgehead atoms. The first-order valence-corrected chi connectivity index (χ1v) is 6.57. The maximum absolute atomic E-state index is 12.6. The van der Waals surface area contributed by atoms with Crippen molar-refractivity contribution >= 4 is 5.69 Å². The van der Waals surface area contributed by atoms with Gasteiger partial charge in [-0.1, -0.05) is 25.1 Å². The van der Waals surface area contributed by atoms with E-state index in [1.54, 1.807) is 0 Å². The van der Waals surface area contributed by atoms with E-state index in [2.05, 4.69) is 12.2 Å². The number of benzene rings is 1. The predicted molar refractivity (Wildman–Crippen MR) is 70.3 cm³/mol. The van der Waals surface area contributed by atoms with Crippen LogP contribution >= 0.6 is 0 Å². The van der Waals surface area contributed by atoms with Crippen molar-refractivity contribution in [3.8, 4) is 0 Å². The Labute approximate surface area is 107 Å². The molecule has 0 aromatic heterocycles. The molecule has 2 nitrogen and oxygen atoms in total. The Morgan fingerprint density at radius 3 is 2.89 bits per heavy atom. The third-order valence-electron chi connectivity index (χ3n) is 3.38. The maximum Gasteiger partial charge on any atom is 0.255 e. The van der Waals surface area contributed by atoms with Gasteiger partial charge >= 0.3 is 0 Å². The highest BCUT2D eigenvalue weighted by Crippen LogP contribution is 2.32. The van der Waals surface area contributed by atoms with E-state index in [9.17, 15) is 8.78 Å². The summed E-state index contributed by atoms with van der Waals surface area (Å²) >= 11 is 0. The number of nitrogens with one attached hydrogen (secondary N) is 1. The SMILES string of the molecule is CCNC1CCCN(CC(F)F)c2ccccc21. The van der Waals surface area contributed by atoms with E-state index < -0.39 is 6.43 Å². The summed E-state index contributed by atoms with van der Waals surface area (Å²) in [5, 5.41) is 3.44. The summed E-state index contributed by atoms with van der Waals surface area (Å²) < 4.78 is 25.3. The number of hydrogen-bond acceptors (Lipinski definition) is 2. The van der Waals surface area contributed by atoms with Crippen LogP contribution in [-0.2, 0) is 0 Å². The zero-order chi connectivity index (χ0) is 13.0. The summed E-state index contributed by atoms with van der Waals surface area (Å²) in [5.41, 5.74) is 2.11. The van der Waals surface area contributed by atoms with Gasteiger partial charge in [0.15, 0.2) is 0 Å². The molecule has 18 heavy (non-hydrogen) atoms. The average molecular weight is 254 g/mol. The van der Waals surface area contributed by atoms with Crippen molar-refractivity contribution in [1.29, 1.82) is 0 Å². The Hall–Kier alpha value is -1.16. The van der Waals surface area contributed by atoms with Gasteiger partial charge < -0.3 is 10.2 Å². The minimum Gasteiger partial charge on any atom is -0.366 e. The van der Waals surface area contributed by atoms with Crippen molar-refractivity contribution < 1.29 is 8.78 Å². The van der Waals surface area contributed by atoms with Crippen molar-refractivity contribution in [1.82, 2.24) is 5.32 Å². The molecular formula is C14H20F2N2. The molecule has 0 radical (unpaired) electrons. The molecule has 1 heterocycles. The lowest BCUT2D eigenvalue weighted by Gasteiger charge is -2.25. The summed E-state index contributed by atoms with van der Waals surface area (Å²) in [7, 11) is 0. The molecule has 1 aliphatic heterocycles. The normalized spacial score (nSPS) is 19.8. The Kier molecular flexibility index (Phi) is 4.53. The van der Waals surface area contributed by atoms with E-state index in [4.69, 9.17) is 0 Å². The maximum atomic E-state index is 12.6. The fourth-order valence-electron chi connectivity index (χ4n) is 2.65. The van der Waals surface area contributed by atoms with Gasteiger partial charge in [-0.2, -0.15) is 0 Å². The molecule has 1 aliphatic rings. The van der Waals surface area contributed by atoms with Gasteiger partial charge in [-0.15, -0.1) is 0 Å². The molecule has 1 aromatic rings. The molecule has 1 unspecified atom stereocenters. The Balaban J connectivity index is 2.28. The van der Waals surface area contributed by atoms with Crippen LogP contribution in [0.25, 0.3) is 0 Å². The van der Waals surface area contributed by atoms with Crippen LogP contribution in [0.15, 0.2) is 24.3 Å². The first-order valence-electron chi connectivity index (χ1n) is 6.57. The lowest BCUT2D eigenvalue weighted by atomic mass is 10.0. The first-order chi connectivity index (χ1) is 8.72. The number of rotatable bonds is 4. The van der Waals surface area contributed by atoms with Gasteiger partial charge in [0.05, 0.1) is 6.54 Å². The highest BCUT2D eigenvalue weighted by molar-refractivity contribution is 5.55.